The molecule has 0 atom stereocenters. The van der Waals surface area contributed by atoms with E-state index >= 15 is 0 Å². The molecule has 0 bridgehead atoms. The van der Waals surface area contributed by atoms with Gasteiger partial charge in [0, 0.05) is 11.6 Å². The van der Waals surface area contributed by atoms with Crippen molar-refractivity contribution in [1.82, 2.24) is 0 Å². The van der Waals surface area contributed by atoms with Gasteiger partial charge in [0.05, 0.1) is 12.5 Å². The third-order valence-electron chi connectivity index (χ3n) is 3.92. The lowest BCUT2D eigenvalue weighted by Gasteiger charge is -2.11. The Morgan fingerprint density at radius 3 is 2.48 bits per heavy atom. The van der Waals surface area contributed by atoms with Crippen LogP contribution in [0.3, 0.4) is 0 Å². The summed E-state index contributed by atoms with van der Waals surface area (Å²) in [5.41, 5.74) is 2.22. The minimum Gasteiger partial charge on any atom is -0.497 e. The van der Waals surface area contributed by atoms with Crippen LogP contribution in [-0.2, 0) is 0 Å². The van der Waals surface area contributed by atoms with Crippen LogP contribution in [0.15, 0.2) is 51.7 Å². The molecular weight excluding hydrogens is 320 g/mol. The van der Waals surface area contributed by atoms with E-state index in [2.05, 4.69) is 0 Å². The van der Waals surface area contributed by atoms with Crippen LogP contribution in [0.4, 0.5) is 0 Å². The minimum absolute atomic E-state index is 0.108. The Balaban J connectivity index is 1.87. The number of carbonyl (C=O) groups excluding carboxylic acids is 1. The van der Waals surface area contributed by atoms with E-state index in [1.165, 1.54) is 6.07 Å². The van der Waals surface area contributed by atoms with E-state index in [0.717, 1.165) is 11.1 Å². The Morgan fingerprint density at radius 1 is 1.08 bits per heavy atom. The van der Waals surface area contributed by atoms with Gasteiger partial charge < -0.3 is 13.9 Å². The lowest BCUT2D eigenvalue weighted by molar-refractivity contribution is 0.0922. The molecule has 1 aromatic heterocycles. The molecule has 0 amide bonds. The zero-order chi connectivity index (χ0) is 18.0. The molecule has 0 spiro atoms. The molecule has 0 N–H and O–H groups in total. The molecule has 1 heterocycles. The number of aryl methyl sites for hydroxylation is 2. The van der Waals surface area contributed by atoms with Crippen LogP contribution in [0.5, 0.6) is 11.5 Å². The fraction of sp³-hybridized carbons (Fsp3) is 0.200. The van der Waals surface area contributed by atoms with Crippen LogP contribution in [-0.4, -0.2) is 19.5 Å². The van der Waals surface area contributed by atoms with E-state index in [-0.39, 0.29) is 12.4 Å². The summed E-state index contributed by atoms with van der Waals surface area (Å²) in [6.45, 7) is 3.58. The number of ketones is 1. The number of carbonyl (C=O) groups is 1. The van der Waals surface area contributed by atoms with Crippen molar-refractivity contribution in [3.8, 4) is 11.5 Å². The van der Waals surface area contributed by atoms with Crippen molar-refractivity contribution in [3.05, 3.63) is 69.6 Å². The van der Waals surface area contributed by atoms with E-state index < -0.39 is 5.63 Å². The quantitative estimate of drug-likeness (QED) is 0.524. The highest BCUT2D eigenvalue weighted by molar-refractivity contribution is 5.97. The Bertz CT molecular complexity index is 983. The molecule has 0 aliphatic heterocycles. The molecule has 0 aliphatic rings. The molecular formula is C20H18O5. The average molecular weight is 338 g/mol. The molecule has 25 heavy (non-hydrogen) atoms. The highest BCUT2D eigenvalue weighted by Crippen LogP contribution is 2.29. The number of rotatable bonds is 5. The molecule has 0 aliphatic carbocycles. The molecule has 0 saturated heterocycles. The Kier molecular flexibility index (Phi) is 4.57. The van der Waals surface area contributed by atoms with E-state index in [1.807, 2.05) is 19.9 Å². The number of hydrogen-bond donors (Lipinski definition) is 0. The summed E-state index contributed by atoms with van der Waals surface area (Å²) in [5, 5.41) is 0.702. The maximum atomic E-state index is 12.3. The topological polar surface area (TPSA) is 65.7 Å². The summed E-state index contributed by atoms with van der Waals surface area (Å²) in [5.74, 6) is 1.07. The number of benzene rings is 2. The second-order valence-corrected chi connectivity index (χ2v) is 5.82. The molecule has 0 fully saturated rings. The van der Waals surface area contributed by atoms with Crippen molar-refractivity contribution in [2.75, 3.05) is 13.7 Å². The van der Waals surface area contributed by atoms with E-state index in [9.17, 15) is 9.59 Å². The summed E-state index contributed by atoms with van der Waals surface area (Å²) in [6.07, 6.45) is 0. The molecule has 3 rings (SSSR count). The Labute approximate surface area is 144 Å². The predicted octanol–water partition coefficient (Wildman–Crippen LogP) is 3.68. The maximum Gasteiger partial charge on any atom is 0.336 e. The van der Waals surface area contributed by atoms with Gasteiger partial charge in [0.15, 0.2) is 12.4 Å². The van der Waals surface area contributed by atoms with E-state index in [0.29, 0.717) is 28.0 Å². The first-order valence-electron chi connectivity index (χ1n) is 7.83. The number of hydrogen-bond acceptors (Lipinski definition) is 5. The lowest BCUT2D eigenvalue weighted by Crippen LogP contribution is -2.12. The van der Waals surface area contributed by atoms with Crippen LogP contribution in [0.25, 0.3) is 11.0 Å². The fourth-order valence-corrected chi connectivity index (χ4v) is 2.69. The average Bonchev–Trinajstić information content (AvgIpc) is 2.58. The molecule has 0 unspecified atom stereocenters. The van der Waals surface area contributed by atoms with Gasteiger partial charge in [0.2, 0.25) is 0 Å². The Morgan fingerprint density at radius 2 is 1.80 bits per heavy atom. The third-order valence-corrected chi connectivity index (χ3v) is 3.92. The standard InChI is InChI=1S/C20H18O5/c1-12-8-17(20-13(2)10-19(22)25-18(20)9-12)24-11-16(21)14-4-6-15(23-3)7-5-14/h4-10H,11H2,1-3H3. The van der Waals surface area contributed by atoms with E-state index in [1.54, 1.807) is 37.4 Å². The molecule has 5 nitrogen and oxygen atoms in total. The first-order valence-corrected chi connectivity index (χ1v) is 7.83. The number of fused-ring (bicyclic) bond motifs is 1. The molecule has 0 saturated carbocycles. The number of ether oxygens (including phenoxy) is 2. The minimum atomic E-state index is -0.407. The maximum absolute atomic E-state index is 12.3. The van der Waals surface area contributed by atoms with Gasteiger partial charge in [0.25, 0.3) is 0 Å². The van der Waals surface area contributed by atoms with Crippen molar-refractivity contribution in [1.29, 1.82) is 0 Å². The van der Waals surface area contributed by atoms with Gasteiger partial charge in [-0.05, 0) is 61.4 Å². The summed E-state index contributed by atoms with van der Waals surface area (Å²) in [6, 6.07) is 11.9. The largest absolute Gasteiger partial charge is 0.497 e. The summed E-state index contributed by atoms with van der Waals surface area (Å²) < 4.78 is 16.1. The monoisotopic (exact) mass is 338 g/mol. The molecule has 3 aromatic rings. The SMILES string of the molecule is COc1ccc(C(=O)COc2cc(C)cc3oc(=O)cc(C)c23)cc1. The van der Waals surface area contributed by atoms with Gasteiger partial charge >= 0.3 is 5.63 Å². The fourth-order valence-electron chi connectivity index (χ4n) is 2.69. The molecule has 0 radical (unpaired) electrons. The molecule has 128 valence electrons. The van der Waals surface area contributed by atoms with Crippen molar-refractivity contribution >= 4 is 16.8 Å². The van der Waals surface area contributed by atoms with Gasteiger partial charge in [-0.25, -0.2) is 4.79 Å². The van der Waals surface area contributed by atoms with Crippen molar-refractivity contribution in [3.63, 3.8) is 0 Å². The second-order valence-electron chi connectivity index (χ2n) is 5.82. The van der Waals surface area contributed by atoms with E-state index in [4.69, 9.17) is 13.9 Å². The normalized spacial score (nSPS) is 10.7. The van der Waals surface area contributed by atoms with Gasteiger partial charge in [0.1, 0.15) is 17.1 Å². The van der Waals surface area contributed by atoms with Gasteiger partial charge in [-0.15, -0.1) is 0 Å². The van der Waals surface area contributed by atoms with Crippen LogP contribution in [0.1, 0.15) is 21.5 Å². The number of Topliss-reactive ketones (excluding diaryl/α,β-unsaturated/α-hetero) is 1. The Hall–Kier alpha value is -3.08. The van der Waals surface area contributed by atoms with Crippen LogP contribution < -0.4 is 15.1 Å². The summed E-state index contributed by atoms with van der Waals surface area (Å²) >= 11 is 0. The van der Waals surface area contributed by atoms with Gasteiger partial charge in [-0.2, -0.15) is 0 Å². The van der Waals surface area contributed by atoms with Crippen molar-refractivity contribution in [2.24, 2.45) is 0 Å². The second kappa shape index (κ2) is 6.81. The van der Waals surface area contributed by atoms with Gasteiger partial charge in [-0.3, -0.25) is 4.79 Å². The first kappa shape index (κ1) is 16.8. The molecule has 5 heteroatoms. The molecule has 2 aromatic carbocycles. The highest BCUT2D eigenvalue weighted by atomic mass is 16.5. The third kappa shape index (κ3) is 3.55. The summed E-state index contributed by atoms with van der Waals surface area (Å²) in [7, 11) is 1.57. The number of methoxy groups -OCH3 is 1. The van der Waals surface area contributed by atoms with Crippen LogP contribution in [0.2, 0.25) is 0 Å². The zero-order valence-electron chi connectivity index (χ0n) is 14.3. The van der Waals surface area contributed by atoms with Crippen molar-refractivity contribution < 1.29 is 18.7 Å². The first-order chi connectivity index (χ1) is 12.0. The summed E-state index contributed by atoms with van der Waals surface area (Å²) in [4.78, 5) is 23.9. The van der Waals surface area contributed by atoms with Crippen LogP contribution >= 0.6 is 0 Å². The predicted molar refractivity (Wildman–Crippen MR) is 94.8 cm³/mol. The van der Waals surface area contributed by atoms with Crippen LogP contribution in [0, 0.1) is 13.8 Å². The highest BCUT2D eigenvalue weighted by Gasteiger charge is 2.13. The smallest absolute Gasteiger partial charge is 0.336 e. The van der Waals surface area contributed by atoms with Crippen molar-refractivity contribution in [2.45, 2.75) is 13.8 Å². The van der Waals surface area contributed by atoms with Gasteiger partial charge in [-0.1, -0.05) is 0 Å². The lowest BCUT2D eigenvalue weighted by atomic mass is 10.1. The zero-order valence-corrected chi connectivity index (χ0v) is 14.3.